The van der Waals surface area contributed by atoms with Gasteiger partial charge in [0, 0.05) is 56.6 Å². The third kappa shape index (κ3) is 5.58. The van der Waals surface area contributed by atoms with Crippen LogP contribution in [-0.2, 0) is 9.53 Å². The quantitative estimate of drug-likeness (QED) is 0.251. The molecule has 0 saturated carbocycles. The van der Waals surface area contributed by atoms with Crippen molar-refractivity contribution < 1.29 is 19.2 Å². The Labute approximate surface area is 213 Å². The molecule has 2 heterocycles. The summed E-state index contributed by atoms with van der Waals surface area (Å²) in [4.78, 5) is 46.9. The van der Waals surface area contributed by atoms with Gasteiger partial charge in [0.1, 0.15) is 0 Å². The van der Waals surface area contributed by atoms with E-state index in [4.69, 9.17) is 4.74 Å². The fraction of sp³-hybridized carbons (Fsp3) is 0.320. The molecule has 10 nitrogen and oxygen atoms in total. The summed E-state index contributed by atoms with van der Waals surface area (Å²) in [5.74, 6) is -0.693. The molecule has 2 aromatic rings. The van der Waals surface area contributed by atoms with E-state index < -0.39 is 10.9 Å². The van der Waals surface area contributed by atoms with E-state index in [0.29, 0.717) is 26.9 Å². The van der Waals surface area contributed by atoms with E-state index in [0.717, 1.165) is 31.9 Å². The predicted molar refractivity (Wildman–Crippen MR) is 141 cm³/mol. The van der Waals surface area contributed by atoms with Gasteiger partial charge >= 0.3 is 5.97 Å². The van der Waals surface area contributed by atoms with E-state index in [-0.39, 0.29) is 18.2 Å². The van der Waals surface area contributed by atoms with Crippen molar-refractivity contribution in [3.05, 3.63) is 68.6 Å². The number of amides is 1. The molecule has 0 bridgehead atoms. The number of benzene rings is 2. The molecule has 2 aliphatic rings. The average Bonchev–Trinajstić information content (AvgIpc) is 3.12. The number of hydrogen-bond acceptors (Lipinski definition) is 9. The first kappa shape index (κ1) is 25.4. The van der Waals surface area contributed by atoms with Gasteiger partial charge in [0.05, 0.1) is 27.7 Å². The predicted octanol–water partition coefficient (Wildman–Crippen LogP) is 3.76. The highest BCUT2D eigenvalue weighted by atomic mass is 32.2. The van der Waals surface area contributed by atoms with Crippen LogP contribution in [0, 0.1) is 10.1 Å². The molecular formula is C25H27N5O5S. The highest BCUT2D eigenvalue weighted by Gasteiger charge is 2.31. The van der Waals surface area contributed by atoms with Crippen molar-refractivity contribution in [1.82, 2.24) is 9.80 Å². The monoisotopic (exact) mass is 509 g/mol. The first-order chi connectivity index (χ1) is 17.3. The number of nitrogens with zero attached hydrogens (tertiary/aromatic N) is 5. The number of hydrogen-bond donors (Lipinski definition) is 0. The number of piperazine rings is 1. The van der Waals surface area contributed by atoms with Crippen LogP contribution in [0.3, 0.4) is 0 Å². The van der Waals surface area contributed by atoms with Gasteiger partial charge < -0.3 is 14.5 Å². The lowest BCUT2D eigenvalue weighted by molar-refractivity contribution is -0.384. The molecule has 0 atom stereocenters. The van der Waals surface area contributed by atoms with E-state index in [1.165, 1.54) is 28.8 Å². The Kier molecular flexibility index (Phi) is 7.70. The molecule has 0 aliphatic carbocycles. The van der Waals surface area contributed by atoms with Crippen LogP contribution in [0.4, 0.5) is 17.1 Å². The summed E-state index contributed by atoms with van der Waals surface area (Å²) in [6.07, 6.45) is 1.70. The molecule has 2 aromatic carbocycles. The lowest BCUT2D eigenvalue weighted by atomic mass is 10.1. The minimum absolute atomic E-state index is 0.0341. The fourth-order valence-corrected chi connectivity index (χ4v) is 4.90. The summed E-state index contributed by atoms with van der Waals surface area (Å²) in [5, 5.41) is 11.9. The summed E-state index contributed by atoms with van der Waals surface area (Å²) >= 11 is 1.19. The van der Waals surface area contributed by atoms with Crippen LogP contribution in [0.15, 0.2) is 52.4 Å². The third-order valence-electron chi connectivity index (χ3n) is 5.94. The van der Waals surface area contributed by atoms with Gasteiger partial charge in [0.25, 0.3) is 11.6 Å². The molecule has 188 valence electrons. The molecule has 0 spiro atoms. The number of amidine groups is 1. The molecule has 0 unspecified atom stereocenters. The first-order valence-electron chi connectivity index (χ1n) is 11.5. The van der Waals surface area contributed by atoms with E-state index in [9.17, 15) is 19.7 Å². The largest absolute Gasteiger partial charge is 0.462 e. The van der Waals surface area contributed by atoms with Crippen molar-refractivity contribution in [3.63, 3.8) is 0 Å². The van der Waals surface area contributed by atoms with Gasteiger partial charge in [-0.1, -0.05) is 6.07 Å². The van der Waals surface area contributed by atoms with Crippen LogP contribution in [-0.4, -0.2) is 78.6 Å². The zero-order chi connectivity index (χ0) is 25.8. The summed E-state index contributed by atoms with van der Waals surface area (Å²) in [6, 6.07) is 11.4. The number of ether oxygens (including phenoxy) is 1. The molecule has 2 fully saturated rings. The van der Waals surface area contributed by atoms with E-state index in [1.54, 1.807) is 50.4 Å². The van der Waals surface area contributed by atoms with Crippen molar-refractivity contribution >= 4 is 51.9 Å². The lowest BCUT2D eigenvalue weighted by Gasteiger charge is -2.34. The molecule has 0 aromatic heterocycles. The second-order valence-corrected chi connectivity index (χ2v) is 9.44. The number of nitro benzene ring substituents is 1. The van der Waals surface area contributed by atoms with Crippen LogP contribution >= 0.6 is 11.8 Å². The Balaban J connectivity index is 1.66. The number of rotatable bonds is 6. The number of anilines is 1. The molecule has 4 rings (SSSR count). The standard InChI is InChI=1S/C25H27N5O5S/c1-4-35-24(32)17-6-5-7-19(14-17)26-25-28(3)23(31)22(36-25)16-18-15-20(30(33)34)8-9-21(18)29-12-10-27(2)11-13-29/h5-9,14-16H,4,10-13H2,1-3H3. The second kappa shape index (κ2) is 10.9. The SMILES string of the molecule is CCOC(=O)c1cccc(N=C2SC(=Cc3cc([N+](=O)[O-])ccc3N3CCN(C)CC3)C(=O)N2C)c1. The van der Waals surface area contributed by atoms with Crippen LogP contribution < -0.4 is 4.90 Å². The lowest BCUT2D eigenvalue weighted by Crippen LogP contribution is -2.44. The Morgan fingerprint density at radius 3 is 2.61 bits per heavy atom. The second-order valence-electron chi connectivity index (χ2n) is 8.43. The number of carbonyl (C=O) groups is 2. The fourth-order valence-electron chi connectivity index (χ4n) is 3.93. The van der Waals surface area contributed by atoms with Gasteiger partial charge in [-0.2, -0.15) is 0 Å². The van der Waals surface area contributed by atoms with Crippen molar-refractivity contribution in [2.24, 2.45) is 4.99 Å². The number of esters is 1. The molecule has 2 saturated heterocycles. The number of carbonyl (C=O) groups excluding carboxylic acids is 2. The molecular weight excluding hydrogens is 482 g/mol. The van der Waals surface area contributed by atoms with Gasteiger partial charge in [-0.3, -0.25) is 19.8 Å². The van der Waals surface area contributed by atoms with Gasteiger partial charge in [-0.25, -0.2) is 9.79 Å². The summed E-state index contributed by atoms with van der Waals surface area (Å²) < 4.78 is 5.05. The number of likely N-dealkylation sites (N-methyl/N-ethyl adjacent to an activating group) is 2. The maximum absolute atomic E-state index is 13.0. The van der Waals surface area contributed by atoms with Gasteiger partial charge in [0.15, 0.2) is 5.17 Å². The number of thioether (sulfide) groups is 1. The summed E-state index contributed by atoms with van der Waals surface area (Å²) in [5.41, 5.74) is 2.32. The molecule has 1 amide bonds. The van der Waals surface area contributed by atoms with E-state index in [1.807, 2.05) is 0 Å². The van der Waals surface area contributed by atoms with Gasteiger partial charge in [-0.05, 0) is 56.1 Å². The van der Waals surface area contributed by atoms with Crippen molar-refractivity contribution in [2.45, 2.75) is 6.92 Å². The minimum atomic E-state index is -0.439. The molecule has 0 N–H and O–H groups in total. The van der Waals surface area contributed by atoms with Crippen molar-refractivity contribution in [3.8, 4) is 0 Å². The van der Waals surface area contributed by atoms with Crippen LogP contribution in [0.5, 0.6) is 0 Å². The zero-order valence-corrected chi connectivity index (χ0v) is 21.2. The van der Waals surface area contributed by atoms with Crippen LogP contribution in [0.1, 0.15) is 22.8 Å². The smallest absolute Gasteiger partial charge is 0.338 e. The Bertz CT molecular complexity index is 1250. The van der Waals surface area contributed by atoms with Gasteiger partial charge in [0.2, 0.25) is 0 Å². The highest BCUT2D eigenvalue weighted by molar-refractivity contribution is 8.18. The Morgan fingerprint density at radius 2 is 1.92 bits per heavy atom. The Hall–Kier alpha value is -3.70. The third-order valence-corrected chi connectivity index (χ3v) is 7.00. The van der Waals surface area contributed by atoms with Crippen molar-refractivity contribution in [1.29, 1.82) is 0 Å². The normalized spacial score (nSPS) is 18.8. The highest BCUT2D eigenvalue weighted by Crippen LogP contribution is 2.36. The topological polar surface area (TPSA) is 109 Å². The number of non-ortho nitro benzene ring substituents is 1. The summed E-state index contributed by atoms with van der Waals surface area (Å²) in [6.45, 7) is 5.34. The van der Waals surface area contributed by atoms with Gasteiger partial charge in [-0.15, -0.1) is 0 Å². The maximum atomic E-state index is 13.0. The van der Waals surface area contributed by atoms with E-state index >= 15 is 0 Å². The molecule has 2 aliphatic heterocycles. The summed E-state index contributed by atoms with van der Waals surface area (Å²) in [7, 11) is 3.68. The molecule has 36 heavy (non-hydrogen) atoms. The van der Waals surface area contributed by atoms with Crippen molar-refractivity contribution in [2.75, 3.05) is 51.8 Å². The maximum Gasteiger partial charge on any atom is 0.338 e. The van der Waals surface area contributed by atoms with Crippen LogP contribution in [0.2, 0.25) is 0 Å². The zero-order valence-electron chi connectivity index (χ0n) is 20.3. The first-order valence-corrected chi connectivity index (χ1v) is 12.3. The number of nitro groups is 1. The molecule has 0 radical (unpaired) electrons. The minimum Gasteiger partial charge on any atom is -0.462 e. The molecule has 11 heteroatoms. The van der Waals surface area contributed by atoms with Crippen LogP contribution in [0.25, 0.3) is 6.08 Å². The Morgan fingerprint density at radius 1 is 1.17 bits per heavy atom. The number of aliphatic imine (C=N–C) groups is 1. The van der Waals surface area contributed by atoms with E-state index in [2.05, 4.69) is 21.8 Å². The average molecular weight is 510 g/mol.